The molecular formula is C16H9N3. The van der Waals surface area contributed by atoms with Crippen molar-refractivity contribution in [2.75, 3.05) is 0 Å². The van der Waals surface area contributed by atoms with Crippen LogP contribution >= 0.6 is 0 Å². The SMILES string of the molecule is N#CCc1cccc(C#Cc2cncc(C#N)c2)c1. The number of benzene rings is 1. The summed E-state index contributed by atoms with van der Waals surface area (Å²) in [4.78, 5) is 3.95. The Kier molecular flexibility index (Phi) is 3.91. The van der Waals surface area contributed by atoms with Crippen molar-refractivity contribution in [2.24, 2.45) is 0 Å². The zero-order valence-electron chi connectivity index (χ0n) is 10.1. The third-order valence-electron chi connectivity index (χ3n) is 2.43. The van der Waals surface area contributed by atoms with Gasteiger partial charge in [-0.15, -0.1) is 0 Å². The molecule has 0 N–H and O–H groups in total. The Morgan fingerprint density at radius 1 is 0.947 bits per heavy atom. The molecule has 1 heterocycles. The number of nitrogens with zero attached hydrogens (tertiary/aromatic N) is 3. The third-order valence-corrected chi connectivity index (χ3v) is 2.43. The van der Waals surface area contributed by atoms with Crippen LogP contribution in [-0.2, 0) is 6.42 Å². The van der Waals surface area contributed by atoms with Crippen LogP contribution in [0.4, 0.5) is 0 Å². The molecule has 0 spiro atoms. The van der Waals surface area contributed by atoms with Gasteiger partial charge in [0.2, 0.25) is 0 Å². The molecule has 0 aliphatic carbocycles. The Balaban J connectivity index is 2.26. The van der Waals surface area contributed by atoms with E-state index < -0.39 is 0 Å². The van der Waals surface area contributed by atoms with Gasteiger partial charge in [-0.2, -0.15) is 10.5 Å². The monoisotopic (exact) mass is 243 g/mol. The molecule has 19 heavy (non-hydrogen) atoms. The predicted octanol–water partition coefficient (Wildman–Crippen LogP) is 2.42. The first kappa shape index (κ1) is 12.4. The first-order valence-corrected chi connectivity index (χ1v) is 5.65. The third kappa shape index (κ3) is 3.43. The van der Waals surface area contributed by atoms with Gasteiger partial charge in [0.25, 0.3) is 0 Å². The fourth-order valence-electron chi connectivity index (χ4n) is 1.56. The van der Waals surface area contributed by atoms with E-state index in [1.807, 2.05) is 30.3 Å². The molecule has 1 aromatic heterocycles. The summed E-state index contributed by atoms with van der Waals surface area (Å²) in [6.45, 7) is 0. The summed E-state index contributed by atoms with van der Waals surface area (Å²) in [5.41, 5.74) is 2.98. The molecule has 2 aromatic rings. The van der Waals surface area contributed by atoms with E-state index in [0.717, 1.165) is 11.1 Å². The van der Waals surface area contributed by atoms with Gasteiger partial charge >= 0.3 is 0 Å². The lowest BCUT2D eigenvalue weighted by Crippen LogP contribution is -1.84. The molecular weight excluding hydrogens is 234 g/mol. The van der Waals surface area contributed by atoms with Crippen LogP contribution in [0.3, 0.4) is 0 Å². The van der Waals surface area contributed by atoms with Crippen molar-refractivity contribution in [2.45, 2.75) is 6.42 Å². The summed E-state index contributed by atoms with van der Waals surface area (Å²) in [6.07, 6.45) is 3.49. The number of pyridine rings is 1. The van der Waals surface area contributed by atoms with E-state index >= 15 is 0 Å². The largest absolute Gasteiger partial charge is 0.262 e. The fraction of sp³-hybridized carbons (Fsp3) is 0.0625. The first-order valence-electron chi connectivity index (χ1n) is 5.65. The highest BCUT2D eigenvalue weighted by Crippen LogP contribution is 2.05. The van der Waals surface area contributed by atoms with E-state index in [1.54, 1.807) is 12.3 Å². The maximum absolute atomic E-state index is 8.77. The molecule has 3 nitrogen and oxygen atoms in total. The normalized spacial score (nSPS) is 8.74. The van der Waals surface area contributed by atoms with Gasteiger partial charge in [0, 0.05) is 23.5 Å². The summed E-state index contributed by atoms with van der Waals surface area (Å²) >= 11 is 0. The molecule has 2 rings (SSSR count). The van der Waals surface area contributed by atoms with Crippen LogP contribution in [0, 0.1) is 34.5 Å². The van der Waals surface area contributed by atoms with Crippen molar-refractivity contribution in [1.29, 1.82) is 10.5 Å². The molecule has 0 unspecified atom stereocenters. The molecule has 0 radical (unpaired) electrons. The Morgan fingerprint density at radius 2 is 1.74 bits per heavy atom. The molecule has 0 aliphatic rings. The van der Waals surface area contributed by atoms with Gasteiger partial charge in [-0.1, -0.05) is 24.0 Å². The molecule has 0 amide bonds. The minimum atomic E-state index is 0.376. The van der Waals surface area contributed by atoms with Crippen LogP contribution in [-0.4, -0.2) is 4.98 Å². The quantitative estimate of drug-likeness (QED) is 0.722. The van der Waals surface area contributed by atoms with E-state index in [9.17, 15) is 0 Å². The van der Waals surface area contributed by atoms with Crippen molar-refractivity contribution in [3.8, 4) is 24.0 Å². The zero-order chi connectivity index (χ0) is 13.5. The summed E-state index contributed by atoms with van der Waals surface area (Å²) in [7, 11) is 0. The van der Waals surface area contributed by atoms with Crippen molar-refractivity contribution in [1.82, 2.24) is 4.98 Å². The predicted molar refractivity (Wildman–Crippen MR) is 70.7 cm³/mol. The van der Waals surface area contributed by atoms with Crippen LogP contribution in [0.5, 0.6) is 0 Å². The number of hydrogen-bond acceptors (Lipinski definition) is 3. The van der Waals surface area contributed by atoms with Gasteiger partial charge in [0.15, 0.2) is 0 Å². The maximum atomic E-state index is 8.77. The highest BCUT2D eigenvalue weighted by Gasteiger charge is 1.94. The van der Waals surface area contributed by atoms with E-state index in [4.69, 9.17) is 10.5 Å². The van der Waals surface area contributed by atoms with Crippen molar-refractivity contribution >= 4 is 0 Å². The van der Waals surface area contributed by atoms with Gasteiger partial charge in [-0.3, -0.25) is 4.98 Å². The Labute approximate surface area is 111 Å². The lowest BCUT2D eigenvalue weighted by Gasteiger charge is -1.95. The minimum Gasteiger partial charge on any atom is -0.262 e. The summed E-state index contributed by atoms with van der Waals surface area (Å²) in [6, 6.07) is 13.4. The van der Waals surface area contributed by atoms with Gasteiger partial charge in [0.1, 0.15) is 6.07 Å². The molecule has 0 fully saturated rings. The maximum Gasteiger partial charge on any atom is 0.101 e. The van der Waals surface area contributed by atoms with Crippen LogP contribution in [0.2, 0.25) is 0 Å². The van der Waals surface area contributed by atoms with Gasteiger partial charge in [-0.05, 0) is 23.8 Å². The average Bonchev–Trinajstić information content (AvgIpc) is 2.46. The molecule has 0 atom stereocenters. The number of hydrogen-bond donors (Lipinski definition) is 0. The van der Waals surface area contributed by atoms with E-state index in [-0.39, 0.29) is 0 Å². The van der Waals surface area contributed by atoms with Gasteiger partial charge in [0.05, 0.1) is 18.1 Å². The zero-order valence-corrected chi connectivity index (χ0v) is 10.1. The summed E-state index contributed by atoms with van der Waals surface area (Å²) in [5, 5.41) is 17.4. The molecule has 3 heteroatoms. The average molecular weight is 243 g/mol. The van der Waals surface area contributed by atoms with Crippen LogP contribution in [0.1, 0.15) is 22.3 Å². The molecule has 0 saturated heterocycles. The second-order valence-corrected chi connectivity index (χ2v) is 3.86. The first-order chi connectivity index (χ1) is 9.31. The highest BCUT2D eigenvalue weighted by atomic mass is 14.6. The van der Waals surface area contributed by atoms with Gasteiger partial charge < -0.3 is 0 Å². The standard InChI is InChI=1S/C16H9N3/c17-7-6-14-3-1-2-13(8-14)4-5-15-9-16(10-18)12-19-11-15/h1-3,8-9,11-12H,6H2. The topological polar surface area (TPSA) is 60.5 Å². The summed E-state index contributed by atoms with van der Waals surface area (Å²) < 4.78 is 0. The molecule has 0 saturated carbocycles. The van der Waals surface area contributed by atoms with Crippen LogP contribution in [0.15, 0.2) is 42.7 Å². The van der Waals surface area contributed by atoms with Crippen molar-refractivity contribution in [3.05, 3.63) is 65.0 Å². The Bertz CT molecular complexity index is 737. The van der Waals surface area contributed by atoms with Crippen molar-refractivity contribution in [3.63, 3.8) is 0 Å². The Hall–Kier alpha value is -3.09. The second-order valence-electron chi connectivity index (χ2n) is 3.86. The minimum absolute atomic E-state index is 0.376. The number of nitriles is 2. The van der Waals surface area contributed by atoms with Crippen molar-refractivity contribution < 1.29 is 0 Å². The lowest BCUT2D eigenvalue weighted by atomic mass is 10.1. The second kappa shape index (κ2) is 6.01. The van der Waals surface area contributed by atoms with Gasteiger partial charge in [-0.25, -0.2) is 0 Å². The van der Waals surface area contributed by atoms with Crippen LogP contribution < -0.4 is 0 Å². The highest BCUT2D eigenvalue weighted by molar-refractivity contribution is 5.45. The molecule has 0 aliphatic heterocycles. The molecule has 1 aromatic carbocycles. The number of rotatable bonds is 1. The van der Waals surface area contributed by atoms with E-state index in [2.05, 4.69) is 22.9 Å². The summed E-state index contributed by atoms with van der Waals surface area (Å²) in [5.74, 6) is 5.96. The van der Waals surface area contributed by atoms with E-state index in [1.165, 1.54) is 6.20 Å². The smallest absolute Gasteiger partial charge is 0.101 e. The molecule has 88 valence electrons. The fourth-order valence-corrected chi connectivity index (χ4v) is 1.56. The van der Waals surface area contributed by atoms with Crippen LogP contribution in [0.25, 0.3) is 0 Å². The Morgan fingerprint density at radius 3 is 2.53 bits per heavy atom. The number of aromatic nitrogens is 1. The lowest BCUT2D eigenvalue weighted by molar-refractivity contribution is 1.26. The van der Waals surface area contributed by atoms with E-state index in [0.29, 0.717) is 17.5 Å². The molecule has 0 bridgehead atoms.